The van der Waals surface area contributed by atoms with Gasteiger partial charge in [0.2, 0.25) is 0 Å². The Hall–Kier alpha value is -0.560. The molecule has 0 aliphatic carbocycles. The summed E-state index contributed by atoms with van der Waals surface area (Å²) in [6.07, 6.45) is 6.33. The summed E-state index contributed by atoms with van der Waals surface area (Å²) in [5.41, 5.74) is 5.92. The molecule has 0 spiro atoms. The molecule has 14 heavy (non-hydrogen) atoms. The van der Waals surface area contributed by atoms with Crippen LogP contribution in [0.2, 0.25) is 0 Å². The Kier molecular flexibility index (Phi) is 65.4. The highest BCUT2D eigenvalue weighted by Gasteiger charge is 1.79. The summed E-state index contributed by atoms with van der Waals surface area (Å²) in [6, 6.07) is 0. The molecule has 0 fully saturated rings. The first-order valence-electron chi connectivity index (χ1n) is 5.65. The van der Waals surface area contributed by atoms with Gasteiger partial charge in [-0.1, -0.05) is 52.3 Å². The van der Waals surface area contributed by atoms with Crippen molar-refractivity contribution in [2.24, 2.45) is 5.73 Å². The molecule has 88 valence electrons. The first kappa shape index (κ1) is 23.3. The molecule has 0 aromatic heterocycles. The Morgan fingerprint density at radius 1 is 1.14 bits per heavy atom. The zero-order valence-electron chi connectivity index (χ0n) is 11.4. The van der Waals surface area contributed by atoms with E-state index >= 15 is 0 Å². The van der Waals surface area contributed by atoms with E-state index in [2.05, 4.69) is 32.2 Å². The van der Waals surface area contributed by atoms with Crippen molar-refractivity contribution in [1.82, 2.24) is 0 Å². The number of nitrogens with two attached hydrogens (primary N) is 1. The Balaban J connectivity index is -0.0000000708. The molecule has 0 heterocycles. The van der Waals surface area contributed by atoms with Crippen LogP contribution < -0.4 is 5.73 Å². The normalized spacial score (nSPS) is 7.86. The van der Waals surface area contributed by atoms with Crippen LogP contribution in [-0.4, -0.2) is 7.05 Å². The lowest BCUT2D eigenvalue weighted by molar-refractivity contribution is 1.12. The lowest BCUT2D eigenvalue weighted by atomic mass is 10.2. The molecule has 0 saturated carbocycles. The van der Waals surface area contributed by atoms with Crippen LogP contribution in [0.15, 0.2) is 24.3 Å². The van der Waals surface area contributed by atoms with E-state index in [0.29, 0.717) is 0 Å². The number of rotatable bonds is 3. The van der Waals surface area contributed by atoms with Gasteiger partial charge in [0.25, 0.3) is 0 Å². The van der Waals surface area contributed by atoms with Gasteiger partial charge in [0.05, 0.1) is 0 Å². The summed E-state index contributed by atoms with van der Waals surface area (Å²) in [4.78, 5) is 0. The van der Waals surface area contributed by atoms with Crippen LogP contribution in [-0.2, 0) is 0 Å². The van der Waals surface area contributed by atoms with E-state index < -0.39 is 0 Å². The van der Waals surface area contributed by atoms with Crippen LogP contribution in [0.25, 0.3) is 0 Å². The fourth-order valence-corrected chi connectivity index (χ4v) is 0.659. The van der Waals surface area contributed by atoms with E-state index in [-0.39, 0.29) is 0 Å². The maximum absolute atomic E-state index is 4.50. The topological polar surface area (TPSA) is 26.0 Å². The van der Waals surface area contributed by atoms with Gasteiger partial charge in [-0.3, -0.25) is 0 Å². The van der Waals surface area contributed by atoms with Crippen molar-refractivity contribution in [2.75, 3.05) is 7.05 Å². The van der Waals surface area contributed by atoms with Crippen LogP contribution >= 0.6 is 0 Å². The zero-order chi connectivity index (χ0) is 12.4. The molecular formula is C13H31N. The van der Waals surface area contributed by atoms with Gasteiger partial charge in [-0.05, 0) is 26.8 Å². The van der Waals surface area contributed by atoms with Gasteiger partial charge in [-0.25, -0.2) is 0 Å². The van der Waals surface area contributed by atoms with Crippen molar-refractivity contribution in [2.45, 2.75) is 54.4 Å². The van der Waals surface area contributed by atoms with Gasteiger partial charge < -0.3 is 5.73 Å². The molecule has 0 aromatic rings. The third-order valence-electron chi connectivity index (χ3n) is 1.02. The van der Waals surface area contributed by atoms with Gasteiger partial charge in [0, 0.05) is 0 Å². The van der Waals surface area contributed by atoms with Gasteiger partial charge in [0.15, 0.2) is 0 Å². The molecule has 0 amide bonds. The highest BCUT2D eigenvalue weighted by atomic mass is 14.4. The molecule has 1 heteroatoms. The van der Waals surface area contributed by atoms with Crippen molar-refractivity contribution in [3.05, 3.63) is 24.3 Å². The predicted octanol–water partition coefficient (Wildman–Crippen LogP) is 4.55. The third-order valence-corrected chi connectivity index (χ3v) is 1.02. The summed E-state index contributed by atoms with van der Waals surface area (Å²) in [5, 5.41) is 0. The molecule has 0 atom stereocenters. The van der Waals surface area contributed by atoms with E-state index in [4.69, 9.17) is 0 Å². The summed E-state index contributed by atoms with van der Waals surface area (Å²) in [5.74, 6) is 0. The minimum atomic E-state index is 1.04. The summed E-state index contributed by atoms with van der Waals surface area (Å²) in [7, 11) is 1.50. The van der Waals surface area contributed by atoms with Gasteiger partial charge in [-0.2, -0.15) is 0 Å². The zero-order valence-corrected chi connectivity index (χ0v) is 11.4. The largest absolute Gasteiger partial charge is 0.333 e. The second-order valence-corrected chi connectivity index (χ2v) is 1.95. The van der Waals surface area contributed by atoms with Crippen molar-refractivity contribution >= 4 is 0 Å². The standard InChI is InChI=1S/C8H14.2C2H6.CH5N/c1-4-6-8(3)7-5-2;3*1-2/h4,7H,1,5-6H2,2-3H3;2*1-2H3;2H2,1H3/b8-7-;;;. The minimum Gasteiger partial charge on any atom is -0.333 e. The average molecular weight is 201 g/mol. The molecule has 0 rings (SSSR count). The lowest BCUT2D eigenvalue weighted by Gasteiger charge is -1.90. The average Bonchev–Trinajstić information content (AvgIpc) is 2.27. The predicted molar refractivity (Wildman–Crippen MR) is 71.7 cm³/mol. The van der Waals surface area contributed by atoms with Crippen LogP contribution in [0.1, 0.15) is 54.4 Å². The molecule has 0 saturated heterocycles. The smallest absolute Gasteiger partial charge is 0.0144 e. The molecular weight excluding hydrogens is 170 g/mol. The van der Waals surface area contributed by atoms with Crippen molar-refractivity contribution in [1.29, 1.82) is 0 Å². The number of allylic oxidation sites excluding steroid dienone is 3. The summed E-state index contributed by atoms with van der Waals surface area (Å²) < 4.78 is 0. The maximum Gasteiger partial charge on any atom is -0.0144 e. The summed E-state index contributed by atoms with van der Waals surface area (Å²) >= 11 is 0. The Bertz CT molecular complexity index is 93.4. The van der Waals surface area contributed by atoms with Crippen molar-refractivity contribution in [3.8, 4) is 0 Å². The Morgan fingerprint density at radius 3 is 1.71 bits per heavy atom. The first-order valence-corrected chi connectivity index (χ1v) is 5.65. The highest BCUT2D eigenvalue weighted by Crippen LogP contribution is 2.00. The van der Waals surface area contributed by atoms with E-state index in [1.54, 1.807) is 0 Å². The SMILES string of the molecule is C=CC/C(C)=C\CC.CC.CC.CN. The fraction of sp³-hybridized carbons (Fsp3) is 0.692. The summed E-state index contributed by atoms with van der Waals surface area (Å²) in [6.45, 7) is 15.9. The maximum atomic E-state index is 4.50. The number of hydrogen-bond acceptors (Lipinski definition) is 1. The molecule has 0 aliphatic rings. The van der Waals surface area contributed by atoms with Crippen LogP contribution in [0.5, 0.6) is 0 Å². The van der Waals surface area contributed by atoms with Crippen LogP contribution in [0.4, 0.5) is 0 Å². The van der Waals surface area contributed by atoms with E-state index in [1.807, 2.05) is 33.8 Å². The second kappa shape index (κ2) is 39.3. The third kappa shape index (κ3) is 42.1. The van der Waals surface area contributed by atoms with Crippen molar-refractivity contribution < 1.29 is 0 Å². The monoisotopic (exact) mass is 201 g/mol. The second-order valence-electron chi connectivity index (χ2n) is 1.95. The molecule has 0 bridgehead atoms. The molecule has 0 radical (unpaired) electrons. The number of hydrogen-bond donors (Lipinski definition) is 1. The molecule has 0 unspecified atom stereocenters. The fourth-order valence-electron chi connectivity index (χ4n) is 0.659. The molecule has 2 N–H and O–H groups in total. The Morgan fingerprint density at radius 2 is 1.50 bits per heavy atom. The van der Waals surface area contributed by atoms with Gasteiger partial charge in [0.1, 0.15) is 0 Å². The van der Waals surface area contributed by atoms with Crippen LogP contribution in [0, 0.1) is 0 Å². The van der Waals surface area contributed by atoms with E-state index in [0.717, 1.165) is 12.8 Å². The molecule has 0 aliphatic heterocycles. The quantitative estimate of drug-likeness (QED) is 0.666. The highest BCUT2D eigenvalue weighted by molar-refractivity contribution is 5.01. The van der Waals surface area contributed by atoms with Crippen molar-refractivity contribution in [3.63, 3.8) is 0 Å². The first-order chi connectivity index (χ1) is 6.81. The van der Waals surface area contributed by atoms with Crippen LogP contribution in [0.3, 0.4) is 0 Å². The van der Waals surface area contributed by atoms with E-state index in [1.165, 1.54) is 12.6 Å². The lowest BCUT2D eigenvalue weighted by Crippen LogP contribution is -1.69. The van der Waals surface area contributed by atoms with E-state index in [9.17, 15) is 0 Å². The molecule has 1 nitrogen and oxygen atoms in total. The van der Waals surface area contributed by atoms with Gasteiger partial charge in [-0.15, -0.1) is 6.58 Å². The molecule has 0 aromatic carbocycles. The minimum absolute atomic E-state index is 1.04. The van der Waals surface area contributed by atoms with Gasteiger partial charge >= 0.3 is 0 Å². The Labute approximate surface area is 92.1 Å².